The molecule has 1 N–H and O–H groups in total. The standard InChI is InChI=1S/C27H25NO6/c1-17(29)23-14-28-24-13-26(34-16-19-6-10-21(32-3)11-7-19)25(12-22(24)27(23)30)33-15-18-4-8-20(31-2)9-5-18/h4-14H,15-16H2,1-3H3,(H,28,30). The maximum Gasteiger partial charge on any atom is 0.200 e. The third kappa shape index (κ3) is 5.04. The van der Waals surface area contributed by atoms with Crippen LogP contribution in [0, 0.1) is 0 Å². The van der Waals surface area contributed by atoms with E-state index < -0.39 is 0 Å². The Kier molecular flexibility index (Phi) is 6.82. The summed E-state index contributed by atoms with van der Waals surface area (Å²) < 4.78 is 22.5. The minimum absolute atomic E-state index is 0.0977. The monoisotopic (exact) mass is 459 g/mol. The molecular weight excluding hydrogens is 434 g/mol. The molecule has 0 unspecified atom stereocenters. The first-order chi connectivity index (χ1) is 16.5. The number of carbonyl (C=O) groups is 1. The highest BCUT2D eigenvalue weighted by Gasteiger charge is 2.15. The van der Waals surface area contributed by atoms with Crippen molar-refractivity contribution < 1.29 is 23.7 Å². The molecule has 0 fully saturated rings. The molecule has 0 spiro atoms. The number of ether oxygens (including phenoxy) is 4. The lowest BCUT2D eigenvalue weighted by molar-refractivity contribution is 0.101. The van der Waals surface area contributed by atoms with Gasteiger partial charge in [-0.3, -0.25) is 9.59 Å². The van der Waals surface area contributed by atoms with E-state index in [1.807, 2.05) is 48.5 Å². The van der Waals surface area contributed by atoms with Gasteiger partial charge in [0, 0.05) is 12.3 Å². The number of fused-ring (bicyclic) bond motifs is 1. The number of rotatable bonds is 9. The fourth-order valence-electron chi connectivity index (χ4n) is 3.48. The normalized spacial score (nSPS) is 10.7. The number of hydrogen-bond acceptors (Lipinski definition) is 6. The van der Waals surface area contributed by atoms with Gasteiger partial charge in [0.25, 0.3) is 0 Å². The number of H-pyrrole nitrogens is 1. The van der Waals surface area contributed by atoms with Gasteiger partial charge >= 0.3 is 0 Å². The van der Waals surface area contributed by atoms with Gasteiger partial charge in [0.1, 0.15) is 24.7 Å². The molecule has 0 radical (unpaired) electrons. The number of benzene rings is 3. The number of aromatic amines is 1. The third-order valence-corrected chi connectivity index (χ3v) is 5.43. The molecule has 0 saturated heterocycles. The maximum atomic E-state index is 12.9. The molecule has 0 atom stereocenters. The second-order valence-electron chi connectivity index (χ2n) is 7.71. The Hall–Kier alpha value is -4.26. The number of methoxy groups -OCH3 is 2. The first-order valence-electron chi connectivity index (χ1n) is 10.7. The third-order valence-electron chi connectivity index (χ3n) is 5.43. The molecule has 0 aliphatic carbocycles. The number of hydrogen-bond donors (Lipinski definition) is 1. The summed E-state index contributed by atoms with van der Waals surface area (Å²) in [4.78, 5) is 27.7. The zero-order chi connectivity index (χ0) is 24.1. The number of carbonyl (C=O) groups excluding carboxylic acids is 1. The fraction of sp³-hybridized carbons (Fsp3) is 0.185. The highest BCUT2D eigenvalue weighted by molar-refractivity contribution is 5.97. The van der Waals surface area contributed by atoms with Gasteiger partial charge in [0.15, 0.2) is 22.7 Å². The Morgan fingerprint density at radius 2 is 1.29 bits per heavy atom. The summed E-state index contributed by atoms with van der Waals surface area (Å²) in [6.45, 7) is 1.92. The topological polar surface area (TPSA) is 86.9 Å². The molecule has 3 aromatic carbocycles. The second-order valence-corrected chi connectivity index (χ2v) is 7.71. The van der Waals surface area contributed by atoms with Gasteiger partial charge in [0.2, 0.25) is 0 Å². The lowest BCUT2D eigenvalue weighted by atomic mass is 10.1. The van der Waals surface area contributed by atoms with Gasteiger partial charge < -0.3 is 23.9 Å². The lowest BCUT2D eigenvalue weighted by Gasteiger charge is -2.15. The highest BCUT2D eigenvalue weighted by Crippen LogP contribution is 2.32. The van der Waals surface area contributed by atoms with Crippen LogP contribution in [0.4, 0.5) is 0 Å². The van der Waals surface area contributed by atoms with Gasteiger partial charge in [-0.15, -0.1) is 0 Å². The minimum atomic E-state index is -0.350. The molecule has 0 bridgehead atoms. The van der Waals surface area contributed by atoms with Crippen molar-refractivity contribution in [3.05, 3.63) is 93.8 Å². The largest absolute Gasteiger partial charge is 0.497 e. The maximum absolute atomic E-state index is 12.9. The van der Waals surface area contributed by atoms with Crippen molar-refractivity contribution in [2.45, 2.75) is 20.1 Å². The molecule has 174 valence electrons. The molecule has 0 aliphatic rings. The van der Waals surface area contributed by atoms with Crippen LogP contribution in [0.2, 0.25) is 0 Å². The van der Waals surface area contributed by atoms with Crippen LogP contribution in [0.5, 0.6) is 23.0 Å². The number of aromatic nitrogens is 1. The van der Waals surface area contributed by atoms with Gasteiger partial charge in [-0.1, -0.05) is 24.3 Å². The summed E-state index contributed by atoms with van der Waals surface area (Å²) in [5, 5.41) is 0.356. The van der Waals surface area contributed by atoms with Crippen LogP contribution in [0.25, 0.3) is 10.9 Å². The molecule has 0 amide bonds. The van der Waals surface area contributed by atoms with E-state index in [0.717, 1.165) is 22.6 Å². The molecule has 1 heterocycles. The van der Waals surface area contributed by atoms with Crippen molar-refractivity contribution in [3.8, 4) is 23.0 Å². The number of ketones is 1. The Balaban J connectivity index is 1.66. The quantitative estimate of drug-likeness (QED) is 0.358. The van der Waals surface area contributed by atoms with Crippen molar-refractivity contribution in [1.29, 1.82) is 0 Å². The second kappa shape index (κ2) is 10.1. The summed E-state index contributed by atoms with van der Waals surface area (Å²) in [5.41, 5.74) is 2.17. The smallest absolute Gasteiger partial charge is 0.200 e. The average molecular weight is 459 g/mol. The van der Waals surface area contributed by atoms with Crippen molar-refractivity contribution in [2.75, 3.05) is 14.2 Å². The van der Waals surface area contributed by atoms with Gasteiger partial charge in [-0.2, -0.15) is 0 Å². The van der Waals surface area contributed by atoms with Crippen LogP contribution in [0.15, 0.2) is 71.7 Å². The zero-order valence-corrected chi connectivity index (χ0v) is 19.2. The summed E-state index contributed by atoms with van der Waals surface area (Å²) in [7, 11) is 3.23. The van der Waals surface area contributed by atoms with E-state index in [0.29, 0.717) is 29.0 Å². The Morgan fingerprint density at radius 1 is 0.794 bits per heavy atom. The number of nitrogens with one attached hydrogen (secondary N) is 1. The van der Waals surface area contributed by atoms with Crippen LogP contribution in [-0.2, 0) is 13.2 Å². The zero-order valence-electron chi connectivity index (χ0n) is 19.2. The molecule has 4 aromatic rings. The Morgan fingerprint density at radius 3 is 1.76 bits per heavy atom. The highest BCUT2D eigenvalue weighted by atomic mass is 16.5. The van der Waals surface area contributed by atoms with E-state index >= 15 is 0 Å². The molecule has 34 heavy (non-hydrogen) atoms. The molecule has 4 rings (SSSR count). The first-order valence-corrected chi connectivity index (χ1v) is 10.7. The summed E-state index contributed by atoms with van der Waals surface area (Å²) in [5.74, 6) is 2.09. The van der Waals surface area contributed by atoms with Crippen molar-refractivity contribution in [2.24, 2.45) is 0 Å². The van der Waals surface area contributed by atoms with Crippen molar-refractivity contribution >= 4 is 16.7 Å². The number of pyridine rings is 1. The fourth-order valence-corrected chi connectivity index (χ4v) is 3.48. The SMILES string of the molecule is COc1ccc(COc2cc3[nH]cc(C(C)=O)c(=O)c3cc2OCc2ccc(OC)cc2)cc1. The van der Waals surface area contributed by atoms with E-state index in [-0.39, 0.29) is 23.4 Å². The van der Waals surface area contributed by atoms with Crippen LogP contribution in [0.3, 0.4) is 0 Å². The van der Waals surface area contributed by atoms with Crippen molar-refractivity contribution in [1.82, 2.24) is 4.98 Å². The molecule has 7 heteroatoms. The number of Topliss-reactive ketones (excluding diaryl/α,β-unsaturated/α-hetero) is 1. The van der Waals surface area contributed by atoms with Gasteiger partial charge in [-0.05, 0) is 48.4 Å². The summed E-state index contributed by atoms with van der Waals surface area (Å²) in [6.07, 6.45) is 1.43. The predicted octanol–water partition coefficient (Wildman–Crippen LogP) is 4.91. The van der Waals surface area contributed by atoms with E-state index in [4.69, 9.17) is 18.9 Å². The van der Waals surface area contributed by atoms with E-state index in [9.17, 15) is 9.59 Å². The molecule has 1 aromatic heterocycles. The summed E-state index contributed by atoms with van der Waals surface area (Å²) >= 11 is 0. The first kappa shape index (κ1) is 22.9. The average Bonchev–Trinajstić information content (AvgIpc) is 2.86. The predicted molar refractivity (Wildman–Crippen MR) is 129 cm³/mol. The molecule has 0 aliphatic heterocycles. The van der Waals surface area contributed by atoms with E-state index in [1.165, 1.54) is 13.1 Å². The molecular formula is C27H25NO6. The Bertz CT molecular complexity index is 1360. The van der Waals surface area contributed by atoms with E-state index in [1.54, 1.807) is 26.4 Å². The Labute approximate surface area is 196 Å². The molecule has 7 nitrogen and oxygen atoms in total. The lowest BCUT2D eigenvalue weighted by Crippen LogP contribution is -2.14. The van der Waals surface area contributed by atoms with Crippen LogP contribution in [0.1, 0.15) is 28.4 Å². The van der Waals surface area contributed by atoms with Crippen LogP contribution < -0.4 is 24.4 Å². The van der Waals surface area contributed by atoms with Crippen LogP contribution >= 0.6 is 0 Å². The molecule has 0 saturated carbocycles. The van der Waals surface area contributed by atoms with Crippen LogP contribution in [-0.4, -0.2) is 25.0 Å². The van der Waals surface area contributed by atoms with E-state index in [2.05, 4.69) is 4.98 Å². The summed E-state index contributed by atoms with van der Waals surface area (Å²) in [6, 6.07) is 18.4. The van der Waals surface area contributed by atoms with Crippen molar-refractivity contribution in [3.63, 3.8) is 0 Å². The minimum Gasteiger partial charge on any atom is -0.497 e. The van der Waals surface area contributed by atoms with Gasteiger partial charge in [-0.25, -0.2) is 0 Å². The van der Waals surface area contributed by atoms with Gasteiger partial charge in [0.05, 0.1) is 30.7 Å².